The maximum atomic E-state index is 12.6. The molecular formula is C20H22N6O2. The van der Waals surface area contributed by atoms with Gasteiger partial charge >= 0.3 is 0 Å². The average molecular weight is 378 g/mol. The van der Waals surface area contributed by atoms with Crippen LogP contribution in [0.1, 0.15) is 46.4 Å². The second-order valence-corrected chi connectivity index (χ2v) is 7.19. The maximum absolute atomic E-state index is 12.6. The molecule has 1 amide bonds. The summed E-state index contributed by atoms with van der Waals surface area (Å²) in [7, 11) is 3.77. The van der Waals surface area contributed by atoms with Crippen molar-refractivity contribution in [2.45, 2.75) is 32.2 Å². The Labute approximate surface area is 163 Å². The van der Waals surface area contributed by atoms with Crippen molar-refractivity contribution in [3.63, 3.8) is 0 Å². The zero-order valence-corrected chi connectivity index (χ0v) is 16.1. The van der Waals surface area contributed by atoms with Crippen LogP contribution in [0.3, 0.4) is 0 Å². The Hall–Kier alpha value is -3.29. The van der Waals surface area contributed by atoms with Gasteiger partial charge in [-0.2, -0.15) is 4.98 Å². The standard InChI is InChI=1S/C20H22N6O2/c1-12-9-16(23-20(22-12)26(2)3)11-21-18(27)15-6-4-5-14(10-15)17-24-19(28-25-17)13-7-8-13/h4-6,9-10,13H,7-8,11H2,1-3H3,(H,21,27). The molecular weight excluding hydrogens is 356 g/mol. The fraction of sp³-hybridized carbons (Fsp3) is 0.350. The lowest BCUT2D eigenvalue weighted by molar-refractivity contribution is 0.0950. The Morgan fingerprint density at radius 2 is 2.04 bits per heavy atom. The lowest BCUT2D eigenvalue weighted by atomic mass is 10.1. The van der Waals surface area contributed by atoms with Gasteiger partial charge in [0.1, 0.15) is 0 Å². The summed E-state index contributed by atoms with van der Waals surface area (Å²) in [6, 6.07) is 9.08. The van der Waals surface area contributed by atoms with E-state index in [1.165, 1.54) is 0 Å². The quantitative estimate of drug-likeness (QED) is 0.704. The fourth-order valence-corrected chi connectivity index (χ4v) is 2.83. The molecule has 8 heteroatoms. The predicted molar refractivity (Wildman–Crippen MR) is 104 cm³/mol. The fourth-order valence-electron chi connectivity index (χ4n) is 2.83. The number of carbonyl (C=O) groups excluding carboxylic acids is 1. The lowest BCUT2D eigenvalue weighted by Crippen LogP contribution is -2.24. The van der Waals surface area contributed by atoms with E-state index in [9.17, 15) is 4.79 Å². The van der Waals surface area contributed by atoms with Gasteiger partial charge in [-0.3, -0.25) is 4.79 Å². The molecule has 1 fully saturated rings. The van der Waals surface area contributed by atoms with Crippen LogP contribution in [0.5, 0.6) is 0 Å². The van der Waals surface area contributed by atoms with Crippen molar-refractivity contribution in [3.05, 3.63) is 53.2 Å². The molecule has 1 N–H and O–H groups in total. The van der Waals surface area contributed by atoms with Crippen molar-refractivity contribution in [3.8, 4) is 11.4 Å². The number of hydrogen-bond acceptors (Lipinski definition) is 7. The molecule has 28 heavy (non-hydrogen) atoms. The van der Waals surface area contributed by atoms with Crippen LogP contribution in [0.25, 0.3) is 11.4 Å². The Balaban J connectivity index is 1.46. The Bertz CT molecular complexity index is 1010. The molecule has 3 aromatic rings. The Morgan fingerprint density at radius 3 is 2.79 bits per heavy atom. The minimum atomic E-state index is -0.185. The summed E-state index contributed by atoms with van der Waals surface area (Å²) in [5.41, 5.74) is 2.91. The summed E-state index contributed by atoms with van der Waals surface area (Å²) >= 11 is 0. The van der Waals surface area contributed by atoms with Crippen molar-refractivity contribution >= 4 is 11.9 Å². The van der Waals surface area contributed by atoms with Crippen LogP contribution in [-0.4, -0.2) is 40.1 Å². The van der Waals surface area contributed by atoms with E-state index < -0.39 is 0 Å². The molecule has 4 rings (SSSR count). The number of carbonyl (C=O) groups is 1. The lowest BCUT2D eigenvalue weighted by Gasteiger charge is -2.12. The third kappa shape index (κ3) is 4.00. The van der Waals surface area contributed by atoms with Gasteiger partial charge < -0.3 is 14.7 Å². The normalized spacial score (nSPS) is 13.4. The van der Waals surface area contributed by atoms with Gasteiger partial charge in [0.2, 0.25) is 17.7 Å². The van der Waals surface area contributed by atoms with Crippen LogP contribution in [-0.2, 0) is 6.54 Å². The zero-order chi connectivity index (χ0) is 19.7. The number of aromatic nitrogens is 4. The molecule has 1 aliphatic rings. The van der Waals surface area contributed by atoms with E-state index in [0.29, 0.717) is 35.7 Å². The van der Waals surface area contributed by atoms with Crippen molar-refractivity contribution in [2.24, 2.45) is 0 Å². The third-order valence-electron chi connectivity index (χ3n) is 4.48. The highest BCUT2D eigenvalue weighted by Gasteiger charge is 2.29. The van der Waals surface area contributed by atoms with Crippen molar-refractivity contribution < 1.29 is 9.32 Å². The van der Waals surface area contributed by atoms with E-state index in [4.69, 9.17) is 4.52 Å². The molecule has 1 aliphatic carbocycles. The molecule has 0 saturated heterocycles. The molecule has 144 valence electrons. The van der Waals surface area contributed by atoms with E-state index in [1.54, 1.807) is 12.1 Å². The van der Waals surface area contributed by atoms with E-state index in [-0.39, 0.29) is 5.91 Å². The van der Waals surface area contributed by atoms with Gasteiger partial charge in [0.05, 0.1) is 12.2 Å². The topological polar surface area (TPSA) is 97.0 Å². The first kappa shape index (κ1) is 18.1. The second-order valence-electron chi connectivity index (χ2n) is 7.19. The summed E-state index contributed by atoms with van der Waals surface area (Å²) < 4.78 is 5.31. The van der Waals surface area contributed by atoms with E-state index in [1.807, 2.05) is 44.1 Å². The summed E-state index contributed by atoms with van der Waals surface area (Å²) in [4.78, 5) is 27.7. The largest absolute Gasteiger partial charge is 0.347 e. The number of anilines is 1. The number of nitrogens with one attached hydrogen (secondary N) is 1. The summed E-state index contributed by atoms with van der Waals surface area (Å²) in [6.45, 7) is 2.23. The van der Waals surface area contributed by atoms with Crippen molar-refractivity contribution in [1.82, 2.24) is 25.4 Å². The molecule has 1 aromatic carbocycles. The molecule has 0 atom stereocenters. The van der Waals surface area contributed by atoms with Crippen LogP contribution in [0.15, 0.2) is 34.9 Å². The van der Waals surface area contributed by atoms with Crippen LogP contribution in [0.4, 0.5) is 5.95 Å². The number of rotatable bonds is 6. The molecule has 0 bridgehead atoms. The van der Waals surface area contributed by atoms with E-state index >= 15 is 0 Å². The Morgan fingerprint density at radius 1 is 1.21 bits per heavy atom. The molecule has 0 spiro atoms. The predicted octanol–water partition coefficient (Wildman–Crippen LogP) is 2.71. The first-order chi connectivity index (χ1) is 13.5. The molecule has 0 radical (unpaired) electrons. The van der Waals surface area contributed by atoms with Crippen molar-refractivity contribution in [2.75, 3.05) is 19.0 Å². The molecule has 2 aromatic heterocycles. The highest BCUT2D eigenvalue weighted by atomic mass is 16.5. The minimum Gasteiger partial charge on any atom is -0.347 e. The van der Waals surface area contributed by atoms with Gasteiger partial charge in [-0.05, 0) is 38.0 Å². The number of aryl methyl sites for hydroxylation is 1. The Kier molecular flexibility index (Phi) is 4.77. The van der Waals surface area contributed by atoms with Gasteiger partial charge in [0, 0.05) is 36.8 Å². The summed E-state index contributed by atoms with van der Waals surface area (Å²) in [5.74, 6) is 2.03. The van der Waals surface area contributed by atoms with Crippen LogP contribution in [0, 0.1) is 6.92 Å². The highest BCUT2D eigenvalue weighted by Crippen LogP contribution is 2.39. The van der Waals surface area contributed by atoms with Crippen molar-refractivity contribution in [1.29, 1.82) is 0 Å². The number of benzene rings is 1. The molecule has 0 aliphatic heterocycles. The third-order valence-corrected chi connectivity index (χ3v) is 4.48. The maximum Gasteiger partial charge on any atom is 0.251 e. The molecule has 1 saturated carbocycles. The molecule has 8 nitrogen and oxygen atoms in total. The van der Waals surface area contributed by atoms with Gasteiger partial charge in [-0.1, -0.05) is 17.3 Å². The number of amides is 1. The number of hydrogen-bond donors (Lipinski definition) is 1. The molecule has 2 heterocycles. The molecule has 0 unspecified atom stereocenters. The van der Waals surface area contributed by atoms with E-state index in [2.05, 4.69) is 25.4 Å². The summed E-state index contributed by atoms with van der Waals surface area (Å²) in [6.07, 6.45) is 2.20. The SMILES string of the molecule is Cc1cc(CNC(=O)c2cccc(-c3noc(C4CC4)n3)c2)nc(N(C)C)n1. The smallest absolute Gasteiger partial charge is 0.251 e. The summed E-state index contributed by atoms with van der Waals surface area (Å²) in [5, 5.41) is 6.95. The zero-order valence-electron chi connectivity index (χ0n) is 16.1. The monoisotopic (exact) mass is 378 g/mol. The van der Waals surface area contributed by atoms with Gasteiger partial charge in [0.15, 0.2) is 0 Å². The average Bonchev–Trinajstić information content (AvgIpc) is 3.42. The van der Waals surface area contributed by atoms with E-state index in [0.717, 1.165) is 29.8 Å². The van der Waals surface area contributed by atoms with Gasteiger partial charge in [-0.25, -0.2) is 9.97 Å². The van der Waals surface area contributed by atoms with Gasteiger partial charge in [0.25, 0.3) is 5.91 Å². The second kappa shape index (κ2) is 7.38. The first-order valence-electron chi connectivity index (χ1n) is 9.24. The van der Waals surface area contributed by atoms with Crippen LogP contribution in [0.2, 0.25) is 0 Å². The first-order valence-corrected chi connectivity index (χ1v) is 9.24. The minimum absolute atomic E-state index is 0.185. The van der Waals surface area contributed by atoms with Gasteiger partial charge in [-0.15, -0.1) is 0 Å². The number of nitrogens with zero attached hydrogens (tertiary/aromatic N) is 5. The highest BCUT2D eigenvalue weighted by molar-refractivity contribution is 5.95. The van der Waals surface area contributed by atoms with Crippen LogP contribution >= 0.6 is 0 Å². The van der Waals surface area contributed by atoms with Crippen LogP contribution < -0.4 is 10.2 Å².